The average molecular weight is 790 g/mol. The van der Waals surface area contributed by atoms with Crippen LogP contribution in [0.2, 0.25) is 0 Å². The summed E-state index contributed by atoms with van der Waals surface area (Å²) in [4.78, 5) is 8.58. The van der Waals surface area contributed by atoms with Crippen molar-refractivity contribution in [2.75, 3.05) is 11.9 Å². The Kier molecular flexibility index (Phi) is 8.25. The van der Waals surface area contributed by atoms with Gasteiger partial charge in [-0.15, -0.1) is 17.8 Å². The smallest absolute Gasteiger partial charge is 0.216 e. The molecule has 6 aromatic rings. The summed E-state index contributed by atoms with van der Waals surface area (Å²) in [5.74, 6) is 1.19. The van der Waals surface area contributed by atoms with Gasteiger partial charge in [0.15, 0.2) is 6.71 Å². The van der Waals surface area contributed by atoms with E-state index in [9.17, 15) is 0 Å². The number of hydrogen-bond donors (Lipinski definition) is 0. The molecule has 0 saturated heterocycles. The van der Waals surface area contributed by atoms with Crippen molar-refractivity contribution >= 4 is 57.6 Å². The van der Waals surface area contributed by atoms with Crippen molar-refractivity contribution in [3.8, 4) is 11.6 Å². The van der Waals surface area contributed by atoms with Gasteiger partial charge in [0.25, 0.3) is 0 Å². The molecule has 5 aromatic carbocycles. The first-order valence-corrected chi connectivity index (χ1v) is 17.1. The fourth-order valence-corrected chi connectivity index (χ4v) is 12.1. The first-order chi connectivity index (χ1) is 22.2. The van der Waals surface area contributed by atoms with Crippen molar-refractivity contribution in [3.63, 3.8) is 0 Å². The predicted molar refractivity (Wildman–Crippen MR) is 187 cm³/mol. The number of hydrogen-bond acceptors (Lipinski definition) is 4. The molecular weight excluding hydrogens is 760 g/mol. The van der Waals surface area contributed by atoms with Crippen molar-refractivity contribution < 1.29 is 25.8 Å². The summed E-state index contributed by atoms with van der Waals surface area (Å²) in [7, 11) is -0.734. The average Bonchev–Trinajstić information content (AvgIpc) is 3.54. The van der Waals surface area contributed by atoms with Crippen molar-refractivity contribution in [2.45, 2.75) is 0 Å². The zero-order chi connectivity index (χ0) is 30.2. The Balaban J connectivity index is 0.00000338. The number of ether oxygens (including phenoxy) is 1. The fraction of sp³-hybridized carbons (Fsp3) is 0.0256. The largest absolute Gasteiger partial charge is 0.510 e. The zero-order valence-corrected chi connectivity index (χ0v) is 28.4. The maximum absolute atomic E-state index is 6.32. The zero-order valence-electron chi connectivity index (χ0n) is 25.2. The number of pyridine rings is 1. The molecule has 0 unspecified atom stereocenters. The number of anilines is 1. The Morgan fingerprint density at radius 2 is 1.41 bits per heavy atom. The van der Waals surface area contributed by atoms with Crippen LogP contribution in [0.4, 0.5) is 5.69 Å². The molecule has 2 aliphatic heterocycles. The minimum absolute atomic E-state index is 0. The molecule has 46 heavy (non-hydrogen) atoms. The molecule has 0 spiro atoms. The Hall–Kier alpha value is -4.64. The van der Waals surface area contributed by atoms with E-state index in [1.165, 1.54) is 26.2 Å². The number of rotatable bonds is 6. The molecule has 0 N–H and O–H groups in total. The summed E-state index contributed by atoms with van der Waals surface area (Å²) in [5, 5.41) is 5.38. The Labute approximate surface area is 286 Å². The molecule has 0 atom stereocenters. The second kappa shape index (κ2) is 12.6. The van der Waals surface area contributed by atoms with Gasteiger partial charge in [0, 0.05) is 39.1 Å². The Bertz CT molecular complexity index is 1970. The van der Waals surface area contributed by atoms with Gasteiger partial charge in [0.2, 0.25) is 5.88 Å². The van der Waals surface area contributed by atoms with E-state index >= 15 is 0 Å². The molecular formula is C39H29BN3OPtSi-3. The van der Waals surface area contributed by atoms with E-state index in [1.54, 1.807) is 6.20 Å². The second-order valence-corrected chi connectivity index (χ2v) is 15.1. The van der Waals surface area contributed by atoms with Crippen LogP contribution in [-0.2, 0) is 21.1 Å². The van der Waals surface area contributed by atoms with Crippen LogP contribution in [0, 0.1) is 18.8 Å². The molecule has 0 saturated carbocycles. The molecule has 0 bridgehead atoms. The van der Waals surface area contributed by atoms with E-state index in [-0.39, 0.29) is 27.8 Å². The van der Waals surface area contributed by atoms with Crippen LogP contribution in [0.1, 0.15) is 0 Å². The predicted octanol–water partition coefficient (Wildman–Crippen LogP) is 3.02. The van der Waals surface area contributed by atoms with Gasteiger partial charge in [0.1, 0.15) is 8.07 Å². The molecule has 8 rings (SSSR count). The van der Waals surface area contributed by atoms with E-state index in [0.29, 0.717) is 11.6 Å². The van der Waals surface area contributed by atoms with Crippen molar-refractivity contribution in [1.29, 1.82) is 0 Å². The van der Waals surface area contributed by atoms with Gasteiger partial charge in [-0.05, 0) is 25.5 Å². The van der Waals surface area contributed by atoms with Crippen LogP contribution < -0.4 is 46.8 Å². The SMILES string of the molecule is CN1C=CN(c2[c-]c(B3c4[c-]c(Oc5ccccn5)ccc4[Si](c4ccccc4)(c4ccccc4)c4ccccc43)ccc2)[CH-]1.[Pt]. The molecule has 2 aliphatic rings. The maximum Gasteiger partial charge on any atom is 0.216 e. The minimum Gasteiger partial charge on any atom is -0.510 e. The first kappa shape index (κ1) is 30.0. The Morgan fingerprint density at radius 3 is 2.11 bits per heavy atom. The van der Waals surface area contributed by atoms with Crippen molar-refractivity contribution in [2.24, 2.45) is 0 Å². The van der Waals surface area contributed by atoms with Crippen LogP contribution in [0.3, 0.4) is 0 Å². The molecule has 7 heteroatoms. The topological polar surface area (TPSA) is 28.6 Å². The third kappa shape index (κ3) is 5.12. The van der Waals surface area contributed by atoms with Crippen LogP contribution in [0.25, 0.3) is 0 Å². The molecule has 0 amide bonds. The molecule has 3 heterocycles. The molecule has 1 aromatic heterocycles. The number of aromatic nitrogens is 1. The molecule has 226 valence electrons. The maximum atomic E-state index is 6.32. The van der Waals surface area contributed by atoms with Gasteiger partial charge in [-0.3, -0.25) is 0 Å². The van der Waals surface area contributed by atoms with Gasteiger partial charge in [0.05, 0.1) is 0 Å². The number of nitrogens with zero attached hydrogens (tertiary/aromatic N) is 3. The van der Waals surface area contributed by atoms with E-state index in [1.807, 2.05) is 36.3 Å². The monoisotopic (exact) mass is 789 g/mol. The first-order valence-electron chi connectivity index (χ1n) is 15.1. The van der Waals surface area contributed by atoms with Gasteiger partial charge >= 0.3 is 0 Å². The van der Waals surface area contributed by atoms with E-state index < -0.39 is 8.07 Å². The Morgan fingerprint density at radius 1 is 0.696 bits per heavy atom. The normalized spacial score (nSPS) is 14.3. The van der Waals surface area contributed by atoms with E-state index in [2.05, 4.69) is 150 Å². The van der Waals surface area contributed by atoms with Crippen LogP contribution >= 0.6 is 0 Å². The van der Waals surface area contributed by atoms with Gasteiger partial charge < -0.3 is 14.5 Å². The summed E-state index contributed by atoms with van der Waals surface area (Å²) in [6.07, 6.45) is 5.85. The summed E-state index contributed by atoms with van der Waals surface area (Å²) in [6, 6.07) is 55.2. The number of benzene rings is 5. The molecule has 0 fully saturated rings. The summed E-state index contributed by atoms with van der Waals surface area (Å²) < 4.78 is 6.32. The second-order valence-electron chi connectivity index (χ2n) is 11.4. The quantitative estimate of drug-likeness (QED) is 0.192. The van der Waals surface area contributed by atoms with Crippen LogP contribution in [0.5, 0.6) is 11.6 Å². The summed E-state index contributed by atoms with van der Waals surface area (Å²) in [6.45, 7) is 1.97. The van der Waals surface area contributed by atoms with Gasteiger partial charge in [-0.25, -0.2) is 4.98 Å². The molecule has 0 radical (unpaired) electrons. The number of fused-ring (bicyclic) bond motifs is 2. The van der Waals surface area contributed by atoms with Crippen molar-refractivity contribution in [3.05, 3.63) is 171 Å². The standard InChI is InChI=1S/C39H29BN3OSi.Pt/c1-42-25-26-43(29-42)31-14-12-13-30(27-31)40-35-19-8-9-20-37(35)45(33-15-4-2-5-16-33,34-17-6-3-7-18-34)38-23-22-32(28-36(38)40)44-39-21-10-11-24-41-39;/h2-26,29H,1H3;/q-3;. The van der Waals surface area contributed by atoms with E-state index in [0.717, 1.165) is 16.6 Å². The minimum atomic E-state index is -2.76. The molecule has 0 aliphatic carbocycles. The fourth-order valence-electron chi connectivity index (χ4n) is 6.89. The molecule has 4 nitrogen and oxygen atoms in total. The van der Waals surface area contributed by atoms with Gasteiger partial charge in [-0.2, -0.15) is 53.1 Å². The van der Waals surface area contributed by atoms with Crippen molar-refractivity contribution in [1.82, 2.24) is 9.88 Å². The van der Waals surface area contributed by atoms with Gasteiger partial charge in [-0.1, -0.05) is 112 Å². The summed E-state index contributed by atoms with van der Waals surface area (Å²) in [5.41, 5.74) is 4.48. The van der Waals surface area contributed by atoms with Crippen LogP contribution in [0.15, 0.2) is 152 Å². The third-order valence-electron chi connectivity index (χ3n) is 8.74. The third-order valence-corrected chi connectivity index (χ3v) is 13.7. The van der Waals surface area contributed by atoms with E-state index in [4.69, 9.17) is 4.74 Å². The van der Waals surface area contributed by atoms with Crippen LogP contribution in [-0.4, -0.2) is 31.7 Å². The summed E-state index contributed by atoms with van der Waals surface area (Å²) >= 11 is 0.